The maximum atomic E-state index is 5.51. The third kappa shape index (κ3) is 11.0. The molecule has 0 aliphatic rings. The summed E-state index contributed by atoms with van der Waals surface area (Å²) < 4.78 is 13.0. The lowest BCUT2D eigenvalue weighted by Gasteiger charge is -2.09. The Morgan fingerprint density at radius 1 is 1.32 bits per heavy atom. The molecule has 0 aliphatic heterocycles. The van der Waals surface area contributed by atoms with E-state index in [1.165, 1.54) is 0 Å². The first-order chi connectivity index (χ1) is 9.14. The van der Waals surface area contributed by atoms with E-state index in [2.05, 4.69) is 17.5 Å². The van der Waals surface area contributed by atoms with Gasteiger partial charge in [0.05, 0.1) is 13.7 Å². The first kappa shape index (κ1) is 20.8. The lowest BCUT2D eigenvalue weighted by Crippen LogP contribution is -1.99. The van der Waals surface area contributed by atoms with Crippen LogP contribution < -0.4 is 19.9 Å². The maximum absolute atomic E-state index is 5.51. The van der Waals surface area contributed by atoms with E-state index in [0.717, 1.165) is 17.1 Å². The van der Waals surface area contributed by atoms with Crippen molar-refractivity contribution >= 4 is 24.6 Å². The van der Waals surface area contributed by atoms with Crippen LogP contribution in [-0.4, -0.2) is 33.3 Å². The Bertz CT molecular complexity index is 311. The first-order valence-corrected chi connectivity index (χ1v) is 7.93. The van der Waals surface area contributed by atoms with Gasteiger partial charge in [0.1, 0.15) is 0 Å². The second-order valence-corrected chi connectivity index (χ2v) is 4.52. The van der Waals surface area contributed by atoms with Gasteiger partial charge < -0.3 is 15.2 Å². The average Bonchev–Trinajstić information content (AvgIpc) is 2.41. The van der Waals surface area contributed by atoms with E-state index < -0.39 is 0 Å². The zero-order valence-corrected chi connectivity index (χ0v) is 14.1. The summed E-state index contributed by atoms with van der Waals surface area (Å²) in [5.74, 6) is 1.51. The van der Waals surface area contributed by atoms with E-state index in [1.807, 2.05) is 37.6 Å². The number of hydrogen-bond acceptors (Lipinski definition) is 6. The number of ether oxygens (including phenoxy) is 2. The van der Waals surface area contributed by atoms with Crippen LogP contribution in [0, 0.1) is 0 Å². The van der Waals surface area contributed by atoms with Crippen LogP contribution in [0.25, 0.3) is 0 Å². The third-order valence-corrected chi connectivity index (χ3v) is 1.76. The standard InChI is InChI=1S/C10H15NO2.C2H6S.CH5NS/c1-3-13-10-6-8(7-11)4-5-9(10)12-2;1-3-2;1-2-3/h4-6H,3,7,11H2,1-2H3;1-2H3;2-3H,1H3. The second-order valence-electron chi connectivity index (χ2n) is 3.25. The van der Waals surface area contributed by atoms with Crippen LogP contribution in [0.2, 0.25) is 0 Å². The molecule has 0 saturated carbocycles. The van der Waals surface area contributed by atoms with Crippen LogP contribution in [0.3, 0.4) is 0 Å². The van der Waals surface area contributed by atoms with E-state index in [9.17, 15) is 0 Å². The van der Waals surface area contributed by atoms with E-state index >= 15 is 0 Å². The van der Waals surface area contributed by atoms with Crippen molar-refractivity contribution in [1.29, 1.82) is 0 Å². The molecule has 3 N–H and O–H groups in total. The van der Waals surface area contributed by atoms with Crippen LogP contribution in [-0.2, 0) is 6.54 Å². The minimum absolute atomic E-state index is 0.518. The monoisotopic (exact) mass is 306 g/mol. The molecule has 19 heavy (non-hydrogen) atoms. The molecule has 0 bridgehead atoms. The summed E-state index contributed by atoms with van der Waals surface area (Å²) in [6, 6.07) is 5.71. The van der Waals surface area contributed by atoms with E-state index in [1.54, 1.807) is 25.9 Å². The molecular weight excluding hydrogens is 280 g/mol. The number of thioether (sulfide) groups is 1. The molecular formula is C13H26N2O2S2. The van der Waals surface area contributed by atoms with Crippen LogP contribution in [0.1, 0.15) is 12.5 Å². The summed E-state index contributed by atoms with van der Waals surface area (Å²) in [5, 5.41) is 0. The van der Waals surface area contributed by atoms with Crippen molar-refractivity contribution in [3.8, 4) is 11.5 Å². The Kier molecular flexibility index (Phi) is 16.9. The largest absolute Gasteiger partial charge is 0.493 e. The normalized spacial score (nSPS) is 8.58. The van der Waals surface area contributed by atoms with Crippen LogP contribution in [0.4, 0.5) is 0 Å². The predicted molar refractivity (Wildman–Crippen MR) is 89.5 cm³/mol. The molecule has 0 spiro atoms. The van der Waals surface area contributed by atoms with Gasteiger partial charge in [0.15, 0.2) is 11.5 Å². The third-order valence-electron chi connectivity index (χ3n) is 1.76. The highest BCUT2D eigenvalue weighted by molar-refractivity contribution is 7.97. The van der Waals surface area contributed by atoms with Crippen molar-refractivity contribution in [2.45, 2.75) is 13.5 Å². The number of rotatable bonds is 4. The minimum Gasteiger partial charge on any atom is -0.493 e. The van der Waals surface area contributed by atoms with Gasteiger partial charge >= 0.3 is 0 Å². The number of thiol groups is 1. The Morgan fingerprint density at radius 2 is 1.84 bits per heavy atom. The molecule has 4 nitrogen and oxygen atoms in total. The van der Waals surface area contributed by atoms with Crippen molar-refractivity contribution < 1.29 is 9.47 Å². The van der Waals surface area contributed by atoms with Crippen molar-refractivity contribution in [2.75, 3.05) is 33.3 Å². The first-order valence-electron chi connectivity index (χ1n) is 5.85. The maximum Gasteiger partial charge on any atom is 0.161 e. The van der Waals surface area contributed by atoms with Gasteiger partial charge in [-0.3, -0.25) is 4.72 Å². The number of nitrogens with two attached hydrogens (primary N) is 1. The van der Waals surface area contributed by atoms with Gasteiger partial charge in [0, 0.05) is 6.54 Å². The SMILES string of the molecule is CCOc1cc(CN)ccc1OC.CNS.CSC. The fraction of sp³-hybridized carbons (Fsp3) is 0.538. The van der Waals surface area contributed by atoms with Gasteiger partial charge in [-0.2, -0.15) is 11.8 Å². The lowest BCUT2D eigenvalue weighted by atomic mass is 10.2. The smallest absolute Gasteiger partial charge is 0.161 e. The Hall–Kier alpha value is -0.560. The molecule has 0 aromatic heterocycles. The average molecular weight is 306 g/mol. The summed E-state index contributed by atoms with van der Waals surface area (Å²) in [4.78, 5) is 0. The van der Waals surface area contributed by atoms with Crippen LogP contribution in [0.5, 0.6) is 11.5 Å². The Balaban J connectivity index is 0. The second kappa shape index (κ2) is 15.5. The highest BCUT2D eigenvalue weighted by atomic mass is 32.2. The quantitative estimate of drug-likeness (QED) is 0.747. The van der Waals surface area contributed by atoms with Crippen LogP contribution >= 0.6 is 24.6 Å². The van der Waals surface area contributed by atoms with E-state index in [4.69, 9.17) is 15.2 Å². The van der Waals surface area contributed by atoms with Gasteiger partial charge in [-0.1, -0.05) is 18.9 Å². The van der Waals surface area contributed by atoms with Crippen molar-refractivity contribution in [1.82, 2.24) is 4.72 Å². The summed E-state index contributed by atoms with van der Waals surface area (Å²) in [6.07, 6.45) is 4.08. The number of benzene rings is 1. The summed E-state index contributed by atoms with van der Waals surface area (Å²) in [7, 11) is 3.36. The molecule has 112 valence electrons. The van der Waals surface area contributed by atoms with Crippen LogP contribution in [0.15, 0.2) is 18.2 Å². The topological polar surface area (TPSA) is 56.5 Å². The molecule has 1 aromatic rings. The molecule has 0 saturated heterocycles. The molecule has 0 aliphatic carbocycles. The highest BCUT2D eigenvalue weighted by Crippen LogP contribution is 2.27. The Morgan fingerprint density at radius 3 is 2.21 bits per heavy atom. The van der Waals surface area contributed by atoms with Crippen molar-refractivity contribution in [3.05, 3.63) is 23.8 Å². The molecule has 1 rings (SSSR count). The van der Waals surface area contributed by atoms with Gasteiger partial charge in [-0.05, 0) is 44.2 Å². The van der Waals surface area contributed by atoms with Gasteiger partial charge in [0.2, 0.25) is 0 Å². The highest BCUT2D eigenvalue weighted by Gasteiger charge is 2.03. The molecule has 0 unspecified atom stereocenters. The zero-order chi connectivity index (χ0) is 15.1. The zero-order valence-electron chi connectivity index (χ0n) is 12.4. The van der Waals surface area contributed by atoms with E-state index in [-0.39, 0.29) is 0 Å². The number of methoxy groups -OCH3 is 1. The lowest BCUT2D eigenvalue weighted by molar-refractivity contribution is 0.310. The molecule has 0 heterocycles. The molecule has 0 amide bonds. The van der Waals surface area contributed by atoms with Gasteiger partial charge in [0.25, 0.3) is 0 Å². The molecule has 6 heteroatoms. The van der Waals surface area contributed by atoms with Crippen molar-refractivity contribution in [2.24, 2.45) is 5.73 Å². The number of nitrogens with one attached hydrogen (secondary N) is 1. The Labute approximate surface area is 127 Å². The fourth-order valence-corrected chi connectivity index (χ4v) is 1.12. The summed E-state index contributed by atoms with van der Waals surface area (Å²) in [5.41, 5.74) is 6.56. The fourth-order valence-electron chi connectivity index (χ4n) is 1.12. The minimum atomic E-state index is 0.518. The summed E-state index contributed by atoms with van der Waals surface area (Å²) >= 11 is 5.29. The molecule has 0 atom stereocenters. The molecule has 0 radical (unpaired) electrons. The molecule has 0 fully saturated rings. The molecule has 1 aromatic carbocycles. The predicted octanol–water partition coefficient (Wildman–Crippen LogP) is 2.58. The van der Waals surface area contributed by atoms with Gasteiger partial charge in [-0.25, -0.2) is 0 Å². The van der Waals surface area contributed by atoms with Crippen molar-refractivity contribution in [3.63, 3.8) is 0 Å². The number of hydrogen-bond donors (Lipinski definition) is 3. The summed E-state index contributed by atoms with van der Waals surface area (Å²) in [6.45, 7) is 3.09. The van der Waals surface area contributed by atoms with E-state index in [0.29, 0.717) is 13.2 Å². The van der Waals surface area contributed by atoms with Gasteiger partial charge in [-0.15, -0.1) is 0 Å².